The van der Waals surface area contributed by atoms with Gasteiger partial charge < -0.3 is 14.8 Å². The predicted octanol–water partition coefficient (Wildman–Crippen LogP) is 2.01. The molecule has 0 saturated heterocycles. The van der Waals surface area contributed by atoms with Gasteiger partial charge in [0, 0.05) is 20.6 Å². The molecule has 2 aromatic rings. The van der Waals surface area contributed by atoms with E-state index in [4.69, 9.17) is 9.47 Å². The third-order valence-electron chi connectivity index (χ3n) is 3.39. The highest BCUT2D eigenvalue weighted by Crippen LogP contribution is 2.36. The molecule has 1 aromatic carbocycles. The zero-order valence-corrected chi connectivity index (χ0v) is 16.6. The van der Waals surface area contributed by atoms with Crippen molar-refractivity contribution in [2.24, 2.45) is 0 Å². The molecule has 1 aromatic heterocycles. The summed E-state index contributed by atoms with van der Waals surface area (Å²) in [6.07, 6.45) is 0. The van der Waals surface area contributed by atoms with Crippen molar-refractivity contribution in [3.63, 3.8) is 0 Å². The predicted molar refractivity (Wildman–Crippen MR) is 100 cm³/mol. The number of nitrogens with one attached hydrogen (secondary N) is 2. The lowest BCUT2D eigenvalue weighted by molar-refractivity contribution is -0.114. The van der Waals surface area contributed by atoms with Gasteiger partial charge in [-0.1, -0.05) is 11.3 Å². The summed E-state index contributed by atoms with van der Waals surface area (Å²) >= 11 is 1.28. The molecular weight excluding hydrogens is 378 g/mol. The van der Waals surface area contributed by atoms with Gasteiger partial charge in [0.15, 0.2) is 5.13 Å². The minimum Gasteiger partial charge on any atom is -0.495 e. The highest BCUT2D eigenvalue weighted by atomic mass is 32.2. The van der Waals surface area contributed by atoms with Gasteiger partial charge in [0.25, 0.3) is 0 Å². The van der Waals surface area contributed by atoms with Gasteiger partial charge in [-0.2, -0.15) is 0 Å². The first kappa shape index (κ1) is 20.3. The molecular formula is C16H21N3O5S2. The summed E-state index contributed by atoms with van der Waals surface area (Å²) < 4.78 is 37.7. The van der Waals surface area contributed by atoms with Crippen LogP contribution in [-0.2, 0) is 19.6 Å². The lowest BCUT2D eigenvalue weighted by atomic mass is 10.1. The van der Waals surface area contributed by atoms with Crippen LogP contribution in [0.5, 0.6) is 5.75 Å². The SMILES string of the molecule is COCCNS(=O)(=O)c1cc(-c2sc(NC(C)=O)nc2C)ccc1OC. The number of hydrogen-bond donors (Lipinski definition) is 2. The van der Waals surface area contributed by atoms with Crippen LogP contribution in [0.15, 0.2) is 23.1 Å². The molecule has 0 aliphatic heterocycles. The number of rotatable bonds is 8. The number of benzene rings is 1. The van der Waals surface area contributed by atoms with Gasteiger partial charge in [-0.25, -0.2) is 18.1 Å². The van der Waals surface area contributed by atoms with Gasteiger partial charge in [0.1, 0.15) is 10.6 Å². The summed E-state index contributed by atoms with van der Waals surface area (Å²) in [5.74, 6) is 0.0218. The molecule has 0 atom stereocenters. The van der Waals surface area contributed by atoms with E-state index in [-0.39, 0.29) is 29.7 Å². The molecule has 0 aliphatic carbocycles. The zero-order chi connectivity index (χ0) is 19.3. The van der Waals surface area contributed by atoms with E-state index in [1.165, 1.54) is 38.5 Å². The Balaban J connectivity index is 2.44. The van der Waals surface area contributed by atoms with Crippen molar-refractivity contribution in [1.82, 2.24) is 9.71 Å². The van der Waals surface area contributed by atoms with E-state index >= 15 is 0 Å². The molecule has 0 saturated carbocycles. The molecule has 1 heterocycles. The maximum atomic E-state index is 12.6. The molecule has 26 heavy (non-hydrogen) atoms. The lowest BCUT2D eigenvalue weighted by Gasteiger charge is -2.12. The van der Waals surface area contributed by atoms with Crippen LogP contribution >= 0.6 is 11.3 Å². The standard InChI is InChI=1S/C16H21N3O5S2/c1-10-15(25-16(18-10)19-11(2)20)12-5-6-13(24-4)14(9-12)26(21,22)17-7-8-23-3/h5-6,9,17H,7-8H2,1-4H3,(H,18,19,20). The second-order valence-corrected chi connectivity index (χ2v) is 8.11. The van der Waals surface area contributed by atoms with Crippen molar-refractivity contribution < 1.29 is 22.7 Å². The van der Waals surface area contributed by atoms with Crippen LogP contribution in [0.2, 0.25) is 0 Å². The van der Waals surface area contributed by atoms with Gasteiger partial charge in [-0.05, 0) is 30.7 Å². The van der Waals surface area contributed by atoms with Crippen LogP contribution in [0.4, 0.5) is 5.13 Å². The van der Waals surface area contributed by atoms with Gasteiger partial charge in [-0.15, -0.1) is 0 Å². The third kappa shape index (κ3) is 4.79. The topological polar surface area (TPSA) is 107 Å². The fourth-order valence-electron chi connectivity index (χ4n) is 2.25. The van der Waals surface area contributed by atoms with Crippen molar-refractivity contribution in [3.8, 4) is 16.2 Å². The molecule has 10 heteroatoms. The number of amides is 1. The van der Waals surface area contributed by atoms with E-state index in [1.807, 2.05) is 0 Å². The average molecular weight is 399 g/mol. The number of anilines is 1. The number of ether oxygens (including phenoxy) is 2. The number of hydrogen-bond acceptors (Lipinski definition) is 7. The van der Waals surface area contributed by atoms with E-state index in [2.05, 4.69) is 15.0 Å². The number of carbonyl (C=O) groups excluding carboxylic acids is 1. The number of nitrogens with zero attached hydrogens (tertiary/aromatic N) is 1. The Kier molecular flexibility index (Phi) is 6.70. The van der Waals surface area contributed by atoms with Crippen LogP contribution in [0.1, 0.15) is 12.6 Å². The van der Waals surface area contributed by atoms with Crippen molar-refractivity contribution in [3.05, 3.63) is 23.9 Å². The van der Waals surface area contributed by atoms with E-state index in [0.29, 0.717) is 16.4 Å². The van der Waals surface area contributed by atoms with Crippen molar-refractivity contribution >= 4 is 32.4 Å². The molecule has 0 fully saturated rings. The number of methoxy groups -OCH3 is 2. The molecule has 8 nitrogen and oxygen atoms in total. The highest BCUT2D eigenvalue weighted by molar-refractivity contribution is 7.89. The van der Waals surface area contributed by atoms with Crippen molar-refractivity contribution in [2.75, 3.05) is 32.7 Å². The van der Waals surface area contributed by atoms with Crippen LogP contribution < -0.4 is 14.8 Å². The summed E-state index contributed by atoms with van der Waals surface area (Å²) in [6, 6.07) is 4.88. The highest BCUT2D eigenvalue weighted by Gasteiger charge is 2.21. The number of aryl methyl sites for hydroxylation is 1. The van der Waals surface area contributed by atoms with Crippen LogP contribution in [-0.4, -0.2) is 46.7 Å². The molecule has 0 unspecified atom stereocenters. The summed E-state index contributed by atoms with van der Waals surface area (Å²) in [4.78, 5) is 16.3. The molecule has 0 radical (unpaired) electrons. The van der Waals surface area contributed by atoms with E-state index in [1.54, 1.807) is 19.1 Å². The molecule has 0 aliphatic rings. The van der Waals surface area contributed by atoms with Crippen molar-refractivity contribution in [1.29, 1.82) is 0 Å². The first-order valence-electron chi connectivity index (χ1n) is 7.70. The Hall–Kier alpha value is -2.01. The number of sulfonamides is 1. The minimum absolute atomic E-state index is 0.0301. The Labute approximate surface area is 156 Å². The number of thiazole rings is 1. The van der Waals surface area contributed by atoms with E-state index in [9.17, 15) is 13.2 Å². The fraction of sp³-hybridized carbons (Fsp3) is 0.375. The maximum Gasteiger partial charge on any atom is 0.244 e. The summed E-state index contributed by atoms with van der Waals surface area (Å²) in [6.45, 7) is 3.61. The smallest absolute Gasteiger partial charge is 0.244 e. The summed E-state index contributed by atoms with van der Waals surface area (Å²) in [5, 5.41) is 3.10. The Morgan fingerprint density at radius 1 is 1.31 bits per heavy atom. The molecule has 0 spiro atoms. The fourth-order valence-corrected chi connectivity index (χ4v) is 4.47. The third-order valence-corrected chi connectivity index (χ3v) is 6.00. The Morgan fingerprint density at radius 3 is 2.65 bits per heavy atom. The molecule has 0 bridgehead atoms. The van der Waals surface area contributed by atoms with Gasteiger partial charge >= 0.3 is 0 Å². The summed E-state index contributed by atoms with van der Waals surface area (Å²) in [5.41, 5.74) is 1.36. The van der Waals surface area contributed by atoms with Crippen LogP contribution in [0, 0.1) is 6.92 Å². The van der Waals surface area contributed by atoms with Crippen LogP contribution in [0.3, 0.4) is 0 Å². The zero-order valence-electron chi connectivity index (χ0n) is 15.0. The van der Waals surface area contributed by atoms with Crippen LogP contribution in [0.25, 0.3) is 10.4 Å². The number of aromatic nitrogens is 1. The first-order valence-corrected chi connectivity index (χ1v) is 10.0. The van der Waals surface area contributed by atoms with Gasteiger partial charge in [-0.3, -0.25) is 4.79 Å². The summed E-state index contributed by atoms with van der Waals surface area (Å²) in [7, 11) is -0.864. The normalized spacial score (nSPS) is 11.4. The second-order valence-electron chi connectivity index (χ2n) is 5.37. The quantitative estimate of drug-likeness (QED) is 0.658. The Morgan fingerprint density at radius 2 is 2.04 bits per heavy atom. The lowest BCUT2D eigenvalue weighted by Crippen LogP contribution is -2.27. The second kappa shape index (κ2) is 8.58. The van der Waals surface area contributed by atoms with Gasteiger partial charge in [0.05, 0.1) is 24.3 Å². The number of carbonyl (C=O) groups is 1. The molecule has 2 rings (SSSR count). The van der Waals surface area contributed by atoms with Gasteiger partial charge in [0.2, 0.25) is 15.9 Å². The first-order chi connectivity index (χ1) is 12.3. The monoisotopic (exact) mass is 399 g/mol. The Bertz CT molecular complexity index is 893. The largest absolute Gasteiger partial charge is 0.495 e. The maximum absolute atomic E-state index is 12.6. The molecule has 142 valence electrons. The minimum atomic E-state index is -3.77. The average Bonchev–Trinajstić information content (AvgIpc) is 2.94. The molecule has 1 amide bonds. The molecule has 2 N–H and O–H groups in total. The van der Waals surface area contributed by atoms with E-state index < -0.39 is 10.0 Å². The van der Waals surface area contributed by atoms with Crippen molar-refractivity contribution in [2.45, 2.75) is 18.7 Å². The van der Waals surface area contributed by atoms with E-state index in [0.717, 1.165) is 4.88 Å².